The summed E-state index contributed by atoms with van der Waals surface area (Å²) < 4.78 is 0. The van der Waals surface area contributed by atoms with Crippen LogP contribution >= 0.6 is 11.3 Å². The Hall–Kier alpha value is -2.02. The lowest BCUT2D eigenvalue weighted by molar-refractivity contribution is 0.247. The Balaban J connectivity index is 1.39. The third-order valence-corrected chi connectivity index (χ3v) is 5.20. The van der Waals surface area contributed by atoms with Crippen molar-refractivity contribution in [3.63, 3.8) is 0 Å². The predicted octanol–water partition coefficient (Wildman–Crippen LogP) is 3.39. The number of hydrogen-bond donors (Lipinski definition) is 2. The fraction of sp³-hybridized carbons (Fsp3) is 0.500. The van der Waals surface area contributed by atoms with E-state index in [0.29, 0.717) is 17.5 Å². The molecule has 0 spiro atoms. The summed E-state index contributed by atoms with van der Waals surface area (Å²) in [5, 5.41) is 8.88. The number of aryl methyl sites for hydroxylation is 1. The molecule has 6 nitrogen and oxygen atoms in total. The summed E-state index contributed by atoms with van der Waals surface area (Å²) in [5.74, 6) is 1.90. The van der Waals surface area contributed by atoms with Gasteiger partial charge in [0.25, 0.3) is 0 Å². The third-order valence-electron chi connectivity index (χ3n) is 4.16. The summed E-state index contributed by atoms with van der Waals surface area (Å²) >= 11 is 1.61. The Labute approximate surface area is 138 Å². The van der Waals surface area contributed by atoms with Crippen LogP contribution in [0.15, 0.2) is 17.8 Å². The summed E-state index contributed by atoms with van der Waals surface area (Å²) in [5.41, 5.74) is 1.62. The minimum absolute atomic E-state index is 0.000329. The molecular formula is C16H19N5OS. The highest BCUT2D eigenvalue weighted by Gasteiger charge is 2.35. The Bertz CT molecular complexity index is 706. The minimum Gasteiger partial charge on any atom is -0.328 e. The van der Waals surface area contributed by atoms with Crippen molar-refractivity contribution >= 4 is 23.1 Å². The second-order valence-electron chi connectivity index (χ2n) is 6.34. The van der Waals surface area contributed by atoms with Crippen LogP contribution < -0.4 is 10.6 Å². The standard InChI is InChI=1S/C16H19N5OS/c1-9-8-23-15(19-9)13(10-2-3-10)21-16(22)20-12-6-17-14(18-7-12)11-4-5-11/h6-8,10-11,13H,2-5H2,1H3,(H2,20,21,22). The molecule has 23 heavy (non-hydrogen) atoms. The van der Waals surface area contributed by atoms with Gasteiger partial charge >= 0.3 is 6.03 Å². The molecule has 0 saturated heterocycles. The van der Waals surface area contributed by atoms with Crippen molar-refractivity contribution in [3.8, 4) is 0 Å². The van der Waals surface area contributed by atoms with Gasteiger partial charge in [-0.25, -0.2) is 19.7 Å². The van der Waals surface area contributed by atoms with E-state index in [9.17, 15) is 4.79 Å². The molecule has 120 valence electrons. The average Bonchev–Trinajstić information content (AvgIpc) is 3.44. The molecule has 2 saturated carbocycles. The van der Waals surface area contributed by atoms with Crippen LogP contribution in [-0.4, -0.2) is 21.0 Å². The van der Waals surface area contributed by atoms with Gasteiger partial charge in [-0.3, -0.25) is 0 Å². The first-order chi connectivity index (χ1) is 11.2. The summed E-state index contributed by atoms with van der Waals surface area (Å²) in [6.07, 6.45) is 7.98. The second-order valence-corrected chi connectivity index (χ2v) is 7.23. The van der Waals surface area contributed by atoms with Gasteiger partial charge in [0, 0.05) is 17.0 Å². The monoisotopic (exact) mass is 329 g/mol. The SMILES string of the molecule is Cc1csc(C(NC(=O)Nc2cnc(C3CC3)nc2)C2CC2)n1. The Morgan fingerprint density at radius 1 is 1.26 bits per heavy atom. The molecule has 0 aromatic carbocycles. The minimum atomic E-state index is -0.225. The number of nitrogens with zero attached hydrogens (tertiary/aromatic N) is 3. The van der Waals surface area contributed by atoms with Crippen molar-refractivity contribution in [2.45, 2.75) is 44.6 Å². The maximum atomic E-state index is 12.3. The smallest absolute Gasteiger partial charge is 0.319 e. The normalized spacial score (nSPS) is 18.5. The van der Waals surface area contributed by atoms with Gasteiger partial charge in [-0.05, 0) is 38.5 Å². The average molecular weight is 329 g/mol. The van der Waals surface area contributed by atoms with E-state index in [4.69, 9.17) is 0 Å². The highest BCUT2D eigenvalue weighted by Crippen LogP contribution is 2.42. The molecule has 4 rings (SSSR count). The fourth-order valence-corrected chi connectivity index (χ4v) is 3.53. The van der Waals surface area contributed by atoms with Crippen molar-refractivity contribution in [3.05, 3.63) is 34.3 Å². The molecule has 2 aromatic heterocycles. The van der Waals surface area contributed by atoms with E-state index in [1.165, 1.54) is 12.8 Å². The number of carbonyl (C=O) groups is 1. The van der Waals surface area contributed by atoms with Gasteiger partial charge < -0.3 is 10.6 Å². The zero-order valence-corrected chi connectivity index (χ0v) is 13.8. The Morgan fingerprint density at radius 2 is 2.00 bits per heavy atom. The summed E-state index contributed by atoms with van der Waals surface area (Å²) in [7, 11) is 0. The van der Waals surface area contributed by atoms with Crippen LogP contribution in [0.25, 0.3) is 0 Å². The van der Waals surface area contributed by atoms with Crippen molar-refractivity contribution in [2.24, 2.45) is 5.92 Å². The molecule has 1 atom stereocenters. The quantitative estimate of drug-likeness (QED) is 0.881. The molecule has 2 fully saturated rings. The summed E-state index contributed by atoms with van der Waals surface area (Å²) in [6, 6.07) is -0.224. The lowest BCUT2D eigenvalue weighted by Crippen LogP contribution is -2.33. The zero-order valence-electron chi connectivity index (χ0n) is 13.0. The van der Waals surface area contributed by atoms with E-state index < -0.39 is 0 Å². The number of aromatic nitrogens is 3. The molecule has 0 aliphatic heterocycles. The first-order valence-electron chi connectivity index (χ1n) is 8.00. The maximum Gasteiger partial charge on any atom is 0.319 e. The molecule has 2 aromatic rings. The maximum absolute atomic E-state index is 12.3. The highest BCUT2D eigenvalue weighted by atomic mass is 32.1. The molecule has 2 aliphatic rings. The van der Waals surface area contributed by atoms with E-state index in [0.717, 1.165) is 29.4 Å². The number of urea groups is 1. The van der Waals surface area contributed by atoms with Crippen LogP contribution in [0, 0.1) is 12.8 Å². The second kappa shape index (κ2) is 5.88. The largest absolute Gasteiger partial charge is 0.328 e. The lowest BCUT2D eigenvalue weighted by Gasteiger charge is -2.16. The molecule has 0 bridgehead atoms. The molecule has 2 heterocycles. The van der Waals surface area contributed by atoms with E-state index in [1.54, 1.807) is 23.7 Å². The molecule has 2 aliphatic carbocycles. The van der Waals surface area contributed by atoms with E-state index in [-0.39, 0.29) is 12.1 Å². The first kappa shape index (κ1) is 14.6. The van der Waals surface area contributed by atoms with Crippen LogP contribution in [-0.2, 0) is 0 Å². The Morgan fingerprint density at radius 3 is 2.57 bits per heavy atom. The zero-order chi connectivity index (χ0) is 15.8. The number of rotatable bonds is 5. The molecule has 7 heteroatoms. The molecule has 2 amide bonds. The molecule has 1 unspecified atom stereocenters. The van der Waals surface area contributed by atoms with Crippen molar-refractivity contribution in [1.82, 2.24) is 20.3 Å². The van der Waals surface area contributed by atoms with Gasteiger partial charge in [0.15, 0.2) is 0 Å². The number of anilines is 1. The van der Waals surface area contributed by atoms with Crippen molar-refractivity contribution < 1.29 is 4.79 Å². The van der Waals surface area contributed by atoms with E-state index in [1.807, 2.05) is 12.3 Å². The predicted molar refractivity (Wildman–Crippen MR) is 88.5 cm³/mol. The topological polar surface area (TPSA) is 79.8 Å². The number of amides is 2. The molecular weight excluding hydrogens is 310 g/mol. The van der Waals surface area contributed by atoms with Crippen LogP contribution in [0.1, 0.15) is 54.2 Å². The summed E-state index contributed by atoms with van der Waals surface area (Å²) in [4.78, 5) is 25.4. The van der Waals surface area contributed by atoms with Crippen LogP contribution in [0.5, 0.6) is 0 Å². The lowest BCUT2D eigenvalue weighted by atomic mass is 10.2. The number of nitrogens with one attached hydrogen (secondary N) is 2. The van der Waals surface area contributed by atoms with Crippen LogP contribution in [0.2, 0.25) is 0 Å². The van der Waals surface area contributed by atoms with Gasteiger partial charge in [0.05, 0.1) is 24.1 Å². The van der Waals surface area contributed by atoms with Gasteiger partial charge in [-0.1, -0.05) is 0 Å². The number of hydrogen-bond acceptors (Lipinski definition) is 5. The number of thiazole rings is 1. The van der Waals surface area contributed by atoms with Crippen molar-refractivity contribution in [1.29, 1.82) is 0 Å². The van der Waals surface area contributed by atoms with Crippen LogP contribution in [0.3, 0.4) is 0 Å². The number of carbonyl (C=O) groups excluding carboxylic acids is 1. The van der Waals surface area contributed by atoms with E-state index in [2.05, 4.69) is 25.6 Å². The summed E-state index contributed by atoms with van der Waals surface area (Å²) in [6.45, 7) is 1.97. The molecule has 2 N–H and O–H groups in total. The van der Waals surface area contributed by atoms with Gasteiger partial charge in [0.2, 0.25) is 0 Å². The van der Waals surface area contributed by atoms with Crippen molar-refractivity contribution in [2.75, 3.05) is 5.32 Å². The highest BCUT2D eigenvalue weighted by molar-refractivity contribution is 7.09. The fourth-order valence-electron chi connectivity index (χ4n) is 2.59. The van der Waals surface area contributed by atoms with E-state index >= 15 is 0 Å². The van der Waals surface area contributed by atoms with Gasteiger partial charge in [-0.15, -0.1) is 11.3 Å². The third kappa shape index (κ3) is 3.50. The van der Waals surface area contributed by atoms with Crippen LogP contribution in [0.4, 0.5) is 10.5 Å². The van der Waals surface area contributed by atoms with Gasteiger partial charge in [-0.2, -0.15) is 0 Å². The first-order valence-corrected chi connectivity index (χ1v) is 8.88. The van der Waals surface area contributed by atoms with Gasteiger partial charge in [0.1, 0.15) is 10.8 Å². The Kier molecular flexibility index (Phi) is 3.72. The molecule has 0 radical (unpaired) electrons.